The fourth-order valence-electron chi connectivity index (χ4n) is 3.02. The molecule has 1 unspecified atom stereocenters. The molecule has 0 saturated carbocycles. The Hall–Kier alpha value is -2.57. The van der Waals surface area contributed by atoms with Crippen LogP contribution in [0.25, 0.3) is 10.9 Å². The van der Waals surface area contributed by atoms with E-state index in [4.69, 9.17) is 15.2 Å². The number of primary amides is 1. The van der Waals surface area contributed by atoms with Gasteiger partial charge >= 0.3 is 0 Å². The molecule has 7 nitrogen and oxygen atoms in total. The number of rotatable bonds is 4. The van der Waals surface area contributed by atoms with Crippen molar-refractivity contribution in [3.05, 3.63) is 18.5 Å². The lowest BCUT2D eigenvalue weighted by Crippen LogP contribution is -2.41. The van der Waals surface area contributed by atoms with Gasteiger partial charge in [-0.15, -0.1) is 0 Å². The van der Waals surface area contributed by atoms with Crippen molar-refractivity contribution in [2.24, 2.45) is 11.7 Å². The Kier molecular flexibility index (Phi) is 4.18. The van der Waals surface area contributed by atoms with E-state index in [9.17, 15) is 4.79 Å². The molecule has 0 aliphatic carbocycles. The highest BCUT2D eigenvalue weighted by Gasteiger charge is 2.26. The SMILES string of the molecule is COc1cc2ncnc(N3CCCC(C(N)=O)C3)c2cc1OC. The minimum Gasteiger partial charge on any atom is -0.493 e. The van der Waals surface area contributed by atoms with Gasteiger partial charge in [-0.1, -0.05) is 0 Å². The van der Waals surface area contributed by atoms with Crippen LogP contribution in [0.15, 0.2) is 18.5 Å². The second-order valence-corrected chi connectivity index (χ2v) is 5.61. The zero-order chi connectivity index (χ0) is 16.4. The molecule has 1 amide bonds. The van der Waals surface area contributed by atoms with Gasteiger partial charge in [-0.2, -0.15) is 0 Å². The van der Waals surface area contributed by atoms with Crippen molar-refractivity contribution >= 4 is 22.6 Å². The molecule has 1 atom stereocenters. The maximum absolute atomic E-state index is 11.5. The Morgan fingerprint density at radius 1 is 1.26 bits per heavy atom. The van der Waals surface area contributed by atoms with Gasteiger partial charge < -0.3 is 20.1 Å². The van der Waals surface area contributed by atoms with Gasteiger partial charge in [0.05, 0.1) is 25.7 Å². The van der Waals surface area contributed by atoms with Crippen molar-refractivity contribution in [2.45, 2.75) is 12.8 Å². The zero-order valence-electron chi connectivity index (χ0n) is 13.3. The van der Waals surface area contributed by atoms with Gasteiger partial charge in [0.25, 0.3) is 0 Å². The largest absolute Gasteiger partial charge is 0.493 e. The van der Waals surface area contributed by atoms with E-state index in [1.807, 2.05) is 12.1 Å². The van der Waals surface area contributed by atoms with Crippen LogP contribution in [0.2, 0.25) is 0 Å². The first-order valence-corrected chi connectivity index (χ1v) is 7.55. The Morgan fingerprint density at radius 3 is 2.70 bits per heavy atom. The fourth-order valence-corrected chi connectivity index (χ4v) is 3.02. The summed E-state index contributed by atoms with van der Waals surface area (Å²) in [6, 6.07) is 3.70. The molecular formula is C16H20N4O3. The second kappa shape index (κ2) is 6.28. The Labute approximate surface area is 134 Å². The average molecular weight is 316 g/mol. The lowest BCUT2D eigenvalue weighted by molar-refractivity contribution is -0.122. The summed E-state index contributed by atoms with van der Waals surface area (Å²) in [5.41, 5.74) is 6.24. The highest BCUT2D eigenvalue weighted by atomic mass is 16.5. The molecular weight excluding hydrogens is 296 g/mol. The number of carbonyl (C=O) groups is 1. The number of piperidine rings is 1. The van der Waals surface area contributed by atoms with Crippen molar-refractivity contribution in [3.63, 3.8) is 0 Å². The maximum Gasteiger partial charge on any atom is 0.222 e. The van der Waals surface area contributed by atoms with Gasteiger partial charge in [0.2, 0.25) is 5.91 Å². The molecule has 122 valence electrons. The predicted molar refractivity (Wildman–Crippen MR) is 86.8 cm³/mol. The third-order valence-corrected chi connectivity index (χ3v) is 4.24. The van der Waals surface area contributed by atoms with Gasteiger partial charge in [0, 0.05) is 24.5 Å². The summed E-state index contributed by atoms with van der Waals surface area (Å²) in [4.78, 5) is 22.3. The lowest BCUT2D eigenvalue weighted by Gasteiger charge is -2.32. The number of nitrogens with zero attached hydrogens (tertiary/aromatic N) is 3. The summed E-state index contributed by atoms with van der Waals surface area (Å²) in [5.74, 6) is 1.64. The lowest BCUT2D eigenvalue weighted by atomic mass is 9.97. The molecule has 1 aromatic heterocycles. The first-order valence-electron chi connectivity index (χ1n) is 7.55. The number of methoxy groups -OCH3 is 2. The number of anilines is 1. The van der Waals surface area contributed by atoms with Crippen LogP contribution in [0.1, 0.15) is 12.8 Å². The third kappa shape index (κ3) is 2.86. The summed E-state index contributed by atoms with van der Waals surface area (Å²) >= 11 is 0. The highest BCUT2D eigenvalue weighted by molar-refractivity contribution is 5.92. The minimum atomic E-state index is -0.257. The molecule has 1 aromatic carbocycles. The molecule has 1 fully saturated rings. The minimum absolute atomic E-state index is 0.145. The van der Waals surface area contributed by atoms with Crippen molar-refractivity contribution < 1.29 is 14.3 Å². The quantitative estimate of drug-likeness (QED) is 0.915. The Balaban J connectivity index is 2.05. The van der Waals surface area contributed by atoms with Crippen molar-refractivity contribution in [1.82, 2.24) is 9.97 Å². The van der Waals surface area contributed by atoms with E-state index in [0.29, 0.717) is 18.0 Å². The molecule has 0 radical (unpaired) electrons. The predicted octanol–water partition coefficient (Wildman–Crippen LogP) is 1.35. The maximum atomic E-state index is 11.5. The molecule has 0 bridgehead atoms. The van der Waals surface area contributed by atoms with Gasteiger partial charge in [-0.25, -0.2) is 9.97 Å². The van der Waals surface area contributed by atoms with E-state index in [0.717, 1.165) is 36.1 Å². The number of hydrogen-bond acceptors (Lipinski definition) is 6. The van der Waals surface area contributed by atoms with E-state index in [1.54, 1.807) is 14.2 Å². The number of hydrogen-bond donors (Lipinski definition) is 1. The number of ether oxygens (including phenoxy) is 2. The smallest absolute Gasteiger partial charge is 0.222 e. The van der Waals surface area contributed by atoms with Crippen molar-refractivity contribution in [3.8, 4) is 11.5 Å². The molecule has 1 aliphatic rings. The summed E-state index contributed by atoms with van der Waals surface area (Å²) < 4.78 is 10.7. The third-order valence-electron chi connectivity index (χ3n) is 4.24. The summed E-state index contributed by atoms with van der Waals surface area (Å²) in [6.45, 7) is 1.42. The molecule has 23 heavy (non-hydrogen) atoms. The summed E-state index contributed by atoms with van der Waals surface area (Å²) in [6.07, 6.45) is 3.26. The highest BCUT2D eigenvalue weighted by Crippen LogP contribution is 2.35. The summed E-state index contributed by atoms with van der Waals surface area (Å²) in [5, 5.41) is 0.871. The molecule has 2 N–H and O–H groups in total. The van der Waals surface area contributed by atoms with E-state index in [2.05, 4.69) is 14.9 Å². The molecule has 2 aromatic rings. The standard InChI is InChI=1S/C16H20N4O3/c1-22-13-6-11-12(7-14(13)23-2)18-9-19-16(11)20-5-3-4-10(8-20)15(17)21/h6-7,9-10H,3-5,8H2,1-2H3,(H2,17,21). The first-order chi connectivity index (χ1) is 11.1. The molecule has 1 saturated heterocycles. The number of amides is 1. The van der Waals surface area contributed by atoms with Crippen LogP contribution >= 0.6 is 0 Å². The van der Waals surface area contributed by atoms with Crippen molar-refractivity contribution in [2.75, 3.05) is 32.2 Å². The average Bonchev–Trinajstić information content (AvgIpc) is 2.59. The first kappa shape index (κ1) is 15.3. The van der Waals surface area contributed by atoms with Crippen molar-refractivity contribution in [1.29, 1.82) is 0 Å². The van der Waals surface area contributed by atoms with Crippen LogP contribution in [0.4, 0.5) is 5.82 Å². The molecule has 3 rings (SSSR count). The zero-order valence-corrected chi connectivity index (χ0v) is 13.3. The van der Waals surface area contributed by atoms with Gasteiger partial charge in [-0.05, 0) is 18.9 Å². The monoisotopic (exact) mass is 316 g/mol. The summed E-state index contributed by atoms with van der Waals surface area (Å²) in [7, 11) is 3.19. The van der Waals surface area contributed by atoms with Crippen LogP contribution in [0, 0.1) is 5.92 Å². The molecule has 1 aliphatic heterocycles. The fraction of sp³-hybridized carbons (Fsp3) is 0.438. The van der Waals surface area contributed by atoms with Crippen LogP contribution in [0.5, 0.6) is 11.5 Å². The van der Waals surface area contributed by atoms with E-state index in [-0.39, 0.29) is 11.8 Å². The van der Waals surface area contributed by atoms with Gasteiger partial charge in [-0.3, -0.25) is 4.79 Å². The van der Waals surface area contributed by atoms with E-state index < -0.39 is 0 Å². The number of aromatic nitrogens is 2. The van der Waals surface area contributed by atoms with Crippen LogP contribution < -0.4 is 20.1 Å². The van der Waals surface area contributed by atoms with Crippen LogP contribution in [0.3, 0.4) is 0 Å². The molecule has 0 spiro atoms. The van der Waals surface area contributed by atoms with E-state index in [1.165, 1.54) is 6.33 Å². The number of carbonyl (C=O) groups excluding carboxylic acids is 1. The van der Waals surface area contributed by atoms with Crippen LogP contribution in [-0.2, 0) is 4.79 Å². The number of nitrogens with two attached hydrogens (primary N) is 1. The Morgan fingerprint density at radius 2 is 2.00 bits per heavy atom. The number of fused-ring (bicyclic) bond motifs is 1. The van der Waals surface area contributed by atoms with Crippen LogP contribution in [-0.4, -0.2) is 43.2 Å². The Bertz CT molecular complexity index is 735. The van der Waals surface area contributed by atoms with Gasteiger partial charge in [0.15, 0.2) is 11.5 Å². The molecule has 7 heteroatoms. The molecule has 2 heterocycles. The normalized spacial score (nSPS) is 18.0. The van der Waals surface area contributed by atoms with Gasteiger partial charge in [0.1, 0.15) is 12.1 Å². The topological polar surface area (TPSA) is 90.6 Å². The number of benzene rings is 1. The van der Waals surface area contributed by atoms with E-state index >= 15 is 0 Å². The second-order valence-electron chi connectivity index (χ2n) is 5.61.